The van der Waals surface area contributed by atoms with E-state index in [1.165, 1.54) is 0 Å². The molecule has 6 nitrogen and oxygen atoms in total. The Kier molecular flexibility index (Phi) is 5.59. The van der Waals surface area contributed by atoms with Crippen molar-refractivity contribution in [2.24, 2.45) is 0 Å². The zero-order valence-electron chi connectivity index (χ0n) is 16.4. The number of halogens is 6. The first kappa shape index (κ1) is 22.4. The fourth-order valence-electron chi connectivity index (χ4n) is 2.65. The number of hydrogen-bond donors (Lipinski definition) is 1. The van der Waals surface area contributed by atoms with Gasteiger partial charge in [-0.2, -0.15) is 27.1 Å². The zero-order chi connectivity index (χ0) is 23.1. The third-order valence-corrected chi connectivity index (χ3v) is 4.13. The van der Waals surface area contributed by atoms with E-state index < -0.39 is 47.1 Å². The van der Waals surface area contributed by atoms with Crippen molar-refractivity contribution in [3.8, 4) is 5.75 Å². The largest absolute Gasteiger partial charge is 0.433 e. The maximum Gasteiger partial charge on any atom is 0.433 e. The van der Waals surface area contributed by atoms with Crippen molar-refractivity contribution in [3.63, 3.8) is 0 Å². The van der Waals surface area contributed by atoms with Crippen LogP contribution < -0.4 is 10.1 Å². The van der Waals surface area contributed by atoms with Gasteiger partial charge in [0.05, 0.1) is 11.4 Å². The molecule has 0 atom stereocenters. The molecule has 0 spiro atoms. The Bertz CT molecular complexity index is 1130. The normalized spacial score (nSPS) is 12.5. The maximum atomic E-state index is 13.5. The fourth-order valence-corrected chi connectivity index (χ4v) is 2.65. The van der Waals surface area contributed by atoms with Crippen LogP contribution in [0.25, 0.3) is 5.65 Å². The molecule has 0 aliphatic heterocycles. The summed E-state index contributed by atoms with van der Waals surface area (Å²) in [5.74, 6) is -2.58. The number of benzene rings is 1. The minimum absolute atomic E-state index is 0.130. The molecule has 1 aromatic carbocycles. The van der Waals surface area contributed by atoms with Crippen LogP contribution in [-0.2, 0) is 11.6 Å². The molecule has 0 unspecified atom stereocenters. The summed E-state index contributed by atoms with van der Waals surface area (Å²) in [5.41, 5.74) is -2.73. The Hall–Kier alpha value is -3.31. The molecule has 0 saturated carbocycles. The van der Waals surface area contributed by atoms with E-state index in [2.05, 4.69) is 20.1 Å². The van der Waals surface area contributed by atoms with Crippen LogP contribution in [0.3, 0.4) is 0 Å². The lowest BCUT2D eigenvalue weighted by Gasteiger charge is -2.19. The molecule has 31 heavy (non-hydrogen) atoms. The van der Waals surface area contributed by atoms with Gasteiger partial charge in [0.1, 0.15) is 11.5 Å². The number of nitrogens with zero attached hydrogens (tertiary/aromatic N) is 3. The summed E-state index contributed by atoms with van der Waals surface area (Å²) in [6.07, 6.45) is -4.78. The quantitative estimate of drug-likeness (QED) is 0.571. The Morgan fingerprint density at radius 3 is 2.39 bits per heavy atom. The molecule has 0 aliphatic rings. The van der Waals surface area contributed by atoms with Crippen LogP contribution in [0, 0.1) is 5.82 Å². The molecule has 0 radical (unpaired) electrons. The van der Waals surface area contributed by atoms with Gasteiger partial charge in [-0.05, 0) is 18.2 Å². The highest BCUT2D eigenvalue weighted by Gasteiger charge is 2.36. The van der Waals surface area contributed by atoms with Crippen molar-refractivity contribution in [2.45, 2.75) is 39.0 Å². The van der Waals surface area contributed by atoms with E-state index in [1.54, 1.807) is 20.8 Å². The Morgan fingerprint density at radius 2 is 1.81 bits per heavy atom. The predicted molar refractivity (Wildman–Crippen MR) is 97.7 cm³/mol. The summed E-state index contributed by atoms with van der Waals surface area (Å²) in [6, 6.07) is 4.35. The molecular weight excluding hydrogens is 430 g/mol. The van der Waals surface area contributed by atoms with Gasteiger partial charge in [0.25, 0.3) is 5.91 Å². The van der Waals surface area contributed by atoms with E-state index in [1.807, 2.05) is 0 Å². The Morgan fingerprint density at radius 1 is 1.13 bits per heavy atom. The van der Waals surface area contributed by atoms with Gasteiger partial charge in [-0.3, -0.25) is 4.79 Å². The lowest BCUT2D eigenvalue weighted by molar-refractivity contribution is -0.142. The highest BCUT2D eigenvalue weighted by Crippen LogP contribution is 2.33. The van der Waals surface area contributed by atoms with Gasteiger partial charge in [0.2, 0.25) is 0 Å². The lowest BCUT2D eigenvalue weighted by Crippen LogP contribution is -2.20. The molecule has 0 bridgehead atoms. The highest BCUT2D eigenvalue weighted by atomic mass is 19.4. The highest BCUT2D eigenvalue weighted by molar-refractivity contribution is 6.04. The number of hydrogen-bond acceptors (Lipinski definition) is 4. The summed E-state index contributed by atoms with van der Waals surface area (Å²) in [4.78, 5) is 16.7. The van der Waals surface area contributed by atoms with Gasteiger partial charge < -0.3 is 10.1 Å². The average molecular weight is 446 g/mol. The summed E-state index contributed by atoms with van der Waals surface area (Å²) in [6.45, 7) is 1.74. The molecule has 166 valence electrons. The number of alkyl halides is 5. The van der Waals surface area contributed by atoms with Crippen LogP contribution in [-0.4, -0.2) is 27.1 Å². The lowest BCUT2D eigenvalue weighted by atomic mass is 9.91. The van der Waals surface area contributed by atoms with E-state index in [-0.39, 0.29) is 17.0 Å². The smallest absolute Gasteiger partial charge is 0.432 e. The number of aromatic nitrogens is 3. The third kappa shape index (κ3) is 4.89. The van der Waals surface area contributed by atoms with Crippen LogP contribution in [0.5, 0.6) is 5.75 Å². The number of ether oxygens (including phenoxy) is 1. The number of rotatable bonds is 4. The molecule has 2 aromatic heterocycles. The average Bonchev–Trinajstić information content (AvgIpc) is 3.05. The Balaban J connectivity index is 2.03. The number of anilines is 1. The standard InChI is InChI=1S/C19H16F6N4O2/c1-18(2,3)13-8-14(19(23,24)25)29-15(27-13)7-11(28-29)16(30)26-10-5-4-9(20)6-12(10)31-17(21)22/h4-8,17H,1-3H3,(H,26,30). The first-order valence-corrected chi connectivity index (χ1v) is 8.80. The minimum atomic E-state index is -4.78. The monoisotopic (exact) mass is 446 g/mol. The molecule has 0 saturated heterocycles. The van der Waals surface area contributed by atoms with E-state index in [9.17, 15) is 31.1 Å². The topological polar surface area (TPSA) is 68.5 Å². The van der Waals surface area contributed by atoms with Crippen LogP contribution in [0.1, 0.15) is 42.6 Å². The van der Waals surface area contributed by atoms with E-state index in [0.29, 0.717) is 10.6 Å². The predicted octanol–water partition coefficient (Wildman–Crippen LogP) is 5.04. The fraction of sp³-hybridized carbons (Fsp3) is 0.316. The maximum absolute atomic E-state index is 13.5. The Labute approximate surface area is 171 Å². The molecule has 12 heteroatoms. The number of nitrogens with one attached hydrogen (secondary N) is 1. The molecule has 3 rings (SSSR count). The summed E-state index contributed by atoms with van der Waals surface area (Å²) in [7, 11) is 0. The van der Waals surface area contributed by atoms with Gasteiger partial charge in [-0.25, -0.2) is 13.9 Å². The van der Waals surface area contributed by atoms with Crippen molar-refractivity contribution >= 4 is 17.2 Å². The van der Waals surface area contributed by atoms with Crippen LogP contribution >= 0.6 is 0 Å². The molecule has 1 N–H and O–H groups in total. The SMILES string of the molecule is CC(C)(C)c1cc(C(F)(F)F)n2nc(C(=O)Nc3ccc(F)cc3OC(F)F)cc2n1. The van der Waals surface area contributed by atoms with Crippen molar-refractivity contribution in [3.05, 3.63) is 53.2 Å². The van der Waals surface area contributed by atoms with Crippen LogP contribution in [0.2, 0.25) is 0 Å². The number of amides is 1. The number of fused-ring (bicyclic) bond motifs is 1. The second-order valence-electron chi connectivity index (χ2n) is 7.55. The molecule has 0 aliphatic carbocycles. The minimum Gasteiger partial charge on any atom is -0.432 e. The van der Waals surface area contributed by atoms with Crippen LogP contribution in [0.4, 0.5) is 32.0 Å². The summed E-state index contributed by atoms with van der Waals surface area (Å²) >= 11 is 0. The van der Waals surface area contributed by atoms with E-state index >= 15 is 0 Å². The van der Waals surface area contributed by atoms with Crippen molar-refractivity contribution in [2.75, 3.05) is 5.32 Å². The molecule has 0 fully saturated rings. The number of carbonyl (C=O) groups excluding carboxylic acids is 1. The van der Waals surface area contributed by atoms with E-state index in [0.717, 1.165) is 24.3 Å². The van der Waals surface area contributed by atoms with Crippen molar-refractivity contribution < 1.29 is 35.9 Å². The summed E-state index contributed by atoms with van der Waals surface area (Å²) < 4.78 is 83.7. The van der Waals surface area contributed by atoms with Gasteiger partial charge >= 0.3 is 12.8 Å². The van der Waals surface area contributed by atoms with Gasteiger partial charge in [0, 0.05) is 17.5 Å². The molecular formula is C19H16F6N4O2. The zero-order valence-corrected chi connectivity index (χ0v) is 16.4. The van der Waals surface area contributed by atoms with Crippen molar-refractivity contribution in [1.82, 2.24) is 14.6 Å². The van der Waals surface area contributed by atoms with Gasteiger partial charge in [0.15, 0.2) is 17.1 Å². The second-order valence-corrected chi connectivity index (χ2v) is 7.55. The third-order valence-electron chi connectivity index (χ3n) is 4.13. The van der Waals surface area contributed by atoms with Crippen molar-refractivity contribution in [1.29, 1.82) is 0 Å². The molecule has 3 aromatic rings. The molecule has 1 amide bonds. The summed E-state index contributed by atoms with van der Waals surface area (Å²) in [5, 5.41) is 5.84. The molecule has 2 heterocycles. The second kappa shape index (κ2) is 7.75. The van der Waals surface area contributed by atoms with Crippen LogP contribution in [0.15, 0.2) is 30.3 Å². The first-order valence-electron chi connectivity index (χ1n) is 8.80. The first-order chi connectivity index (χ1) is 14.3. The van der Waals surface area contributed by atoms with Gasteiger partial charge in [-0.15, -0.1) is 0 Å². The number of carbonyl (C=O) groups is 1. The van der Waals surface area contributed by atoms with Gasteiger partial charge in [-0.1, -0.05) is 20.8 Å². The van der Waals surface area contributed by atoms with E-state index in [4.69, 9.17) is 0 Å².